The molecule has 0 aliphatic heterocycles. The molecular weight excluding hydrogens is 207 g/mol. The molecule has 3 nitrogen and oxygen atoms in total. The Kier molecular flexibility index (Phi) is 5.64. The third-order valence-corrected chi connectivity index (χ3v) is 2.39. The maximum atomic E-state index is 13.3. The lowest BCUT2D eigenvalue weighted by Gasteiger charge is -2.07. The van der Waals surface area contributed by atoms with Gasteiger partial charge in [0.1, 0.15) is 5.82 Å². The highest BCUT2D eigenvalue weighted by Gasteiger charge is 2.00. The molecule has 1 rings (SSSR count). The number of hydrogen-bond donors (Lipinski definition) is 3. The molecule has 0 atom stereocenters. The summed E-state index contributed by atoms with van der Waals surface area (Å²) in [6.07, 6.45) is 3.88. The van der Waals surface area contributed by atoms with Crippen LogP contribution in [0, 0.1) is 5.82 Å². The van der Waals surface area contributed by atoms with E-state index in [1.807, 2.05) is 0 Å². The van der Waals surface area contributed by atoms with Crippen LogP contribution in [0.5, 0.6) is 0 Å². The molecule has 0 aliphatic rings. The lowest BCUT2D eigenvalue weighted by atomic mass is 10.2. The highest BCUT2D eigenvalue weighted by Crippen LogP contribution is 2.16. The molecule has 0 bridgehead atoms. The van der Waals surface area contributed by atoms with Gasteiger partial charge in [-0.2, -0.15) is 0 Å². The number of nitrogens with two attached hydrogens (primary N) is 1. The molecule has 90 valence electrons. The Bertz CT molecular complexity index is 318. The van der Waals surface area contributed by atoms with Crippen LogP contribution >= 0.6 is 0 Å². The first-order chi connectivity index (χ1) is 7.74. The zero-order chi connectivity index (χ0) is 11.8. The van der Waals surface area contributed by atoms with E-state index in [1.165, 1.54) is 6.07 Å². The zero-order valence-corrected chi connectivity index (χ0v) is 9.38. The number of anilines is 2. The van der Waals surface area contributed by atoms with Crippen molar-refractivity contribution >= 4 is 11.4 Å². The molecule has 4 N–H and O–H groups in total. The Balaban J connectivity index is 2.21. The van der Waals surface area contributed by atoms with Crippen molar-refractivity contribution in [2.75, 3.05) is 24.2 Å². The fraction of sp³-hybridized carbons (Fsp3) is 0.500. The number of rotatable bonds is 7. The lowest BCUT2D eigenvalue weighted by molar-refractivity contribution is 0.283. The summed E-state index contributed by atoms with van der Waals surface area (Å²) in [5, 5.41) is 11.6. The number of aliphatic hydroxyl groups excluding tert-OH is 1. The van der Waals surface area contributed by atoms with E-state index in [2.05, 4.69) is 5.32 Å². The van der Waals surface area contributed by atoms with Crippen molar-refractivity contribution in [2.24, 2.45) is 0 Å². The summed E-state index contributed by atoms with van der Waals surface area (Å²) >= 11 is 0. The van der Waals surface area contributed by atoms with Crippen LogP contribution in [0.2, 0.25) is 0 Å². The number of unbranched alkanes of at least 4 members (excludes halogenated alkanes) is 3. The molecule has 0 radical (unpaired) electrons. The smallest absolute Gasteiger partial charge is 0.148 e. The summed E-state index contributed by atoms with van der Waals surface area (Å²) in [6, 6.07) is 4.64. The summed E-state index contributed by atoms with van der Waals surface area (Å²) in [7, 11) is 0. The van der Waals surface area contributed by atoms with E-state index >= 15 is 0 Å². The average molecular weight is 226 g/mol. The minimum Gasteiger partial charge on any atom is -0.399 e. The molecule has 0 amide bonds. The SMILES string of the molecule is Nc1ccc(NCCCCCCO)c(F)c1. The van der Waals surface area contributed by atoms with Gasteiger partial charge in [0.2, 0.25) is 0 Å². The second-order valence-corrected chi connectivity index (χ2v) is 3.80. The fourth-order valence-electron chi connectivity index (χ4n) is 1.49. The van der Waals surface area contributed by atoms with Gasteiger partial charge in [-0.1, -0.05) is 12.8 Å². The van der Waals surface area contributed by atoms with Crippen LogP contribution in [-0.4, -0.2) is 18.3 Å². The highest BCUT2D eigenvalue weighted by molar-refractivity contribution is 5.52. The van der Waals surface area contributed by atoms with Gasteiger partial charge >= 0.3 is 0 Å². The van der Waals surface area contributed by atoms with Crippen LogP contribution in [0.1, 0.15) is 25.7 Å². The van der Waals surface area contributed by atoms with E-state index in [-0.39, 0.29) is 12.4 Å². The van der Waals surface area contributed by atoms with E-state index in [1.54, 1.807) is 12.1 Å². The van der Waals surface area contributed by atoms with Gasteiger partial charge in [0.05, 0.1) is 5.69 Å². The van der Waals surface area contributed by atoms with Gasteiger partial charge < -0.3 is 16.2 Å². The van der Waals surface area contributed by atoms with Crippen LogP contribution in [0.3, 0.4) is 0 Å². The number of nitrogen functional groups attached to an aromatic ring is 1. The van der Waals surface area contributed by atoms with E-state index in [0.717, 1.165) is 32.2 Å². The maximum Gasteiger partial charge on any atom is 0.148 e. The van der Waals surface area contributed by atoms with Gasteiger partial charge in [0.25, 0.3) is 0 Å². The molecule has 0 saturated carbocycles. The lowest BCUT2D eigenvalue weighted by Crippen LogP contribution is -2.03. The molecule has 0 fully saturated rings. The topological polar surface area (TPSA) is 58.3 Å². The van der Waals surface area contributed by atoms with Crippen molar-refractivity contribution < 1.29 is 9.50 Å². The molecule has 0 unspecified atom stereocenters. The van der Waals surface area contributed by atoms with E-state index in [0.29, 0.717) is 11.4 Å². The predicted octanol–water partition coefficient (Wildman–Crippen LogP) is 2.37. The number of nitrogens with one attached hydrogen (secondary N) is 1. The minimum atomic E-state index is -0.310. The number of hydrogen-bond acceptors (Lipinski definition) is 3. The minimum absolute atomic E-state index is 0.250. The van der Waals surface area contributed by atoms with Crippen LogP contribution in [-0.2, 0) is 0 Å². The third-order valence-electron chi connectivity index (χ3n) is 2.39. The largest absolute Gasteiger partial charge is 0.399 e. The van der Waals surface area contributed by atoms with Crippen LogP contribution < -0.4 is 11.1 Å². The van der Waals surface area contributed by atoms with E-state index in [9.17, 15) is 4.39 Å². The molecule has 16 heavy (non-hydrogen) atoms. The molecule has 1 aromatic rings. The number of benzene rings is 1. The molecule has 0 aromatic heterocycles. The van der Waals surface area contributed by atoms with Crippen molar-refractivity contribution in [3.8, 4) is 0 Å². The third kappa shape index (κ3) is 4.49. The Labute approximate surface area is 95.5 Å². The number of aliphatic hydroxyl groups is 1. The Morgan fingerprint density at radius 1 is 1.19 bits per heavy atom. The summed E-state index contributed by atoms with van der Waals surface area (Å²) in [5.41, 5.74) is 6.38. The van der Waals surface area contributed by atoms with Crippen molar-refractivity contribution in [3.05, 3.63) is 24.0 Å². The molecule has 1 aromatic carbocycles. The van der Waals surface area contributed by atoms with Crippen molar-refractivity contribution in [1.82, 2.24) is 0 Å². The van der Waals surface area contributed by atoms with Crippen LogP contribution in [0.4, 0.5) is 15.8 Å². The van der Waals surface area contributed by atoms with Gasteiger partial charge in [-0.3, -0.25) is 0 Å². The normalized spacial score (nSPS) is 10.4. The second kappa shape index (κ2) is 7.06. The number of halogens is 1. The second-order valence-electron chi connectivity index (χ2n) is 3.80. The molecule has 0 aliphatic carbocycles. The van der Waals surface area contributed by atoms with E-state index in [4.69, 9.17) is 10.8 Å². The molecule has 0 spiro atoms. The molecule has 0 heterocycles. The zero-order valence-electron chi connectivity index (χ0n) is 9.38. The van der Waals surface area contributed by atoms with Crippen molar-refractivity contribution in [3.63, 3.8) is 0 Å². The summed E-state index contributed by atoms with van der Waals surface area (Å²) < 4.78 is 13.3. The summed E-state index contributed by atoms with van der Waals surface area (Å²) in [6.45, 7) is 0.992. The Hall–Kier alpha value is -1.29. The first kappa shape index (κ1) is 12.8. The first-order valence-electron chi connectivity index (χ1n) is 5.64. The molecule has 4 heteroatoms. The molecular formula is C12H19FN2O. The monoisotopic (exact) mass is 226 g/mol. The van der Waals surface area contributed by atoms with Crippen molar-refractivity contribution in [2.45, 2.75) is 25.7 Å². The van der Waals surface area contributed by atoms with Crippen LogP contribution in [0.15, 0.2) is 18.2 Å². The van der Waals surface area contributed by atoms with Crippen molar-refractivity contribution in [1.29, 1.82) is 0 Å². The highest BCUT2D eigenvalue weighted by atomic mass is 19.1. The van der Waals surface area contributed by atoms with Gasteiger partial charge in [0.15, 0.2) is 0 Å². The van der Waals surface area contributed by atoms with Gasteiger partial charge in [0, 0.05) is 18.8 Å². The van der Waals surface area contributed by atoms with E-state index < -0.39 is 0 Å². The fourth-order valence-corrected chi connectivity index (χ4v) is 1.49. The Morgan fingerprint density at radius 2 is 1.94 bits per heavy atom. The average Bonchev–Trinajstić information content (AvgIpc) is 2.26. The first-order valence-corrected chi connectivity index (χ1v) is 5.64. The summed E-state index contributed by atoms with van der Waals surface area (Å²) in [5.74, 6) is -0.310. The predicted molar refractivity (Wildman–Crippen MR) is 64.9 cm³/mol. The summed E-state index contributed by atoms with van der Waals surface area (Å²) in [4.78, 5) is 0. The quantitative estimate of drug-likeness (QED) is 0.494. The van der Waals surface area contributed by atoms with Gasteiger partial charge in [-0.15, -0.1) is 0 Å². The Morgan fingerprint density at radius 3 is 2.62 bits per heavy atom. The van der Waals surface area contributed by atoms with Gasteiger partial charge in [-0.05, 0) is 31.0 Å². The molecule has 0 saturated heterocycles. The standard InChI is InChI=1S/C12H19FN2O/c13-11-9-10(14)5-6-12(11)15-7-3-1-2-4-8-16/h5-6,9,15-16H,1-4,7-8,14H2. The van der Waals surface area contributed by atoms with Gasteiger partial charge in [-0.25, -0.2) is 4.39 Å². The van der Waals surface area contributed by atoms with Crippen LogP contribution in [0.25, 0.3) is 0 Å². The maximum absolute atomic E-state index is 13.3.